The Bertz CT molecular complexity index is 556. The number of hydrogen-bond acceptors (Lipinski definition) is 5. The number of carbonyl (C=O) groups excluding carboxylic acids is 1. The fraction of sp³-hybridized carbons (Fsp3) is 0.333. The predicted molar refractivity (Wildman–Crippen MR) is 64.1 cm³/mol. The molecule has 0 fully saturated rings. The van der Waals surface area contributed by atoms with Crippen molar-refractivity contribution in [2.75, 3.05) is 13.4 Å². The summed E-state index contributed by atoms with van der Waals surface area (Å²) in [5, 5.41) is -0.163. The molecule has 8 heteroatoms. The highest BCUT2D eigenvalue weighted by atomic mass is 35.5. The van der Waals surface area contributed by atoms with Gasteiger partial charge in [-0.25, -0.2) is 18.2 Å². The van der Waals surface area contributed by atoms with Gasteiger partial charge in [0, 0.05) is 6.26 Å². The van der Waals surface area contributed by atoms with Crippen LogP contribution in [0.3, 0.4) is 0 Å². The number of hydrogen-bond donors (Lipinski definition) is 0. The van der Waals surface area contributed by atoms with Crippen LogP contribution in [0.1, 0.15) is 15.9 Å². The summed E-state index contributed by atoms with van der Waals surface area (Å²) in [5.41, 5.74) is 0.0911. The van der Waals surface area contributed by atoms with Crippen LogP contribution in [0.5, 0.6) is 0 Å². The Balaban J connectivity index is 3.40. The maximum Gasteiger partial charge on any atom is 0.341 e. The number of ether oxygens (including phenoxy) is 1. The molecule has 0 unspecified atom stereocenters. The van der Waals surface area contributed by atoms with Gasteiger partial charge in [0.1, 0.15) is 15.9 Å². The second-order valence-corrected chi connectivity index (χ2v) is 6.22. The highest BCUT2D eigenvalue weighted by molar-refractivity contribution is 7.89. The maximum atomic E-state index is 11.5. The molecule has 1 aromatic heterocycles. The Morgan fingerprint density at radius 2 is 2.06 bits per heavy atom. The van der Waals surface area contributed by atoms with Gasteiger partial charge in [-0.05, 0) is 11.6 Å². The Labute approximate surface area is 109 Å². The van der Waals surface area contributed by atoms with E-state index < -0.39 is 15.8 Å². The Morgan fingerprint density at radius 3 is 2.53 bits per heavy atom. The van der Waals surface area contributed by atoms with Crippen LogP contribution in [0, 0.1) is 0 Å². The van der Waals surface area contributed by atoms with Gasteiger partial charge in [0.15, 0.2) is 9.84 Å². The quantitative estimate of drug-likeness (QED) is 0.627. The molecule has 0 aliphatic carbocycles. The van der Waals surface area contributed by atoms with E-state index in [4.69, 9.17) is 23.2 Å². The van der Waals surface area contributed by atoms with E-state index in [9.17, 15) is 13.2 Å². The van der Waals surface area contributed by atoms with Gasteiger partial charge in [0.25, 0.3) is 0 Å². The molecule has 0 saturated heterocycles. The smallest absolute Gasteiger partial charge is 0.341 e. The summed E-state index contributed by atoms with van der Waals surface area (Å²) in [4.78, 5) is 15.1. The van der Waals surface area contributed by atoms with Crippen molar-refractivity contribution < 1.29 is 17.9 Å². The summed E-state index contributed by atoms with van der Waals surface area (Å²) in [6, 6.07) is 1.28. The van der Waals surface area contributed by atoms with Gasteiger partial charge >= 0.3 is 5.97 Å². The number of methoxy groups -OCH3 is 1. The van der Waals surface area contributed by atoms with Gasteiger partial charge in [0.2, 0.25) is 0 Å². The number of carbonyl (C=O) groups is 1. The third kappa shape index (κ3) is 3.83. The van der Waals surface area contributed by atoms with Crippen molar-refractivity contribution in [3.8, 4) is 0 Å². The first-order valence-electron chi connectivity index (χ1n) is 4.35. The molecular weight excluding hydrogens is 289 g/mol. The third-order valence-electron chi connectivity index (χ3n) is 1.83. The number of halogens is 2. The molecule has 0 N–H and O–H groups in total. The highest BCUT2D eigenvalue weighted by Crippen LogP contribution is 2.24. The SMILES string of the molecule is COC(=O)c1c(CS(C)(=O)=O)cc(Cl)nc1Cl. The summed E-state index contributed by atoms with van der Waals surface area (Å²) < 4.78 is 27.0. The minimum absolute atomic E-state index is 0.0151. The molecule has 17 heavy (non-hydrogen) atoms. The zero-order chi connectivity index (χ0) is 13.2. The Morgan fingerprint density at radius 1 is 1.47 bits per heavy atom. The molecule has 0 radical (unpaired) electrons. The second-order valence-electron chi connectivity index (χ2n) is 3.33. The van der Waals surface area contributed by atoms with Gasteiger partial charge in [-0.3, -0.25) is 0 Å². The minimum atomic E-state index is -3.33. The zero-order valence-electron chi connectivity index (χ0n) is 9.03. The van der Waals surface area contributed by atoms with Crippen molar-refractivity contribution in [3.05, 3.63) is 27.5 Å². The molecule has 0 amide bonds. The number of nitrogens with zero attached hydrogens (tertiary/aromatic N) is 1. The largest absolute Gasteiger partial charge is 0.465 e. The third-order valence-corrected chi connectivity index (χ3v) is 3.14. The van der Waals surface area contributed by atoms with Crippen LogP contribution in [-0.4, -0.2) is 32.7 Å². The van der Waals surface area contributed by atoms with Gasteiger partial charge in [0.05, 0.1) is 12.9 Å². The number of rotatable bonds is 3. The monoisotopic (exact) mass is 297 g/mol. The lowest BCUT2D eigenvalue weighted by Gasteiger charge is -2.08. The number of sulfone groups is 1. The van der Waals surface area contributed by atoms with Crippen LogP contribution in [0.4, 0.5) is 0 Å². The molecule has 0 spiro atoms. The molecule has 1 aromatic rings. The van der Waals surface area contributed by atoms with Crippen LogP contribution in [-0.2, 0) is 20.3 Å². The molecule has 1 heterocycles. The van der Waals surface area contributed by atoms with E-state index >= 15 is 0 Å². The van der Waals surface area contributed by atoms with Crippen LogP contribution in [0.2, 0.25) is 10.3 Å². The average Bonchev–Trinajstić information content (AvgIpc) is 2.13. The van der Waals surface area contributed by atoms with Gasteiger partial charge in [-0.1, -0.05) is 23.2 Å². The number of aromatic nitrogens is 1. The normalized spacial score (nSPS) is 11.3. The summed E-state index contributed by atoms with van der Waals surface area (Å²) in [6.07, 6.45) is 1.04. The summed E-state index contributed by atoms with van der Waals surface area (Å²) in [7, 11) is -2.16. The lowest BCUT2D eigenvalue weighted by Crippen LogP contribution is -2.11. The number of esters is 1. The van der Waals surface area contributed by atoms with Crippen LogP contribution < -0.4 is 0 Å². The van der Waals surface area contributed by atoms with Crippen LogP contribution >= 0.6 is 23.2 Å². The molecule has 0 aliphatic heterocycles. The van der Waals surface area contributed by atoms with Crippen molar-refractivity contribution >= 4 is 39.0 Å². The van der Waals surface area contributed by atoms with Crippen LogP contribution in [0.15, 0.2) is 6.07 Å². The van der Waals surface area contributed by atoms with Gasteiger partial charge in [-0.15, -0.1) is 0 Å². The first-order valence-corrected chi connectivity index (χ1v) is 7.17. The van der Waals surface area contributed by atoms with Crippen molar-refractivity contribution in [2.24, 2.45) is 0 Å². The minimum Gasteiger partial charge on any atom is -0.465 e. The predicted octanol–water partition coefficient (Wildman–Crippen LogP) is 1.72. The van der Waals surface area contributed by atoms with E-state index in [0.717, 1.165) is 13.4 Å². The molecule has 94 valence electrons. The standard InChI is InChI=1S/C9H9Cl2NO4S/c1-16-9(13)7-5(4-17(2,14)15)3-6(10)12-8(7)11/h3H,4H2,1-2H3. The van der Waals surface area contributed by atoms with E-state index in [1.54, 1.807) is 0 Å². The highest BCUT2D eigenvalue weighted by Gasteiger charge is 2.21. The molecular formula is C9H9Cl2NO4S. The topological polar surface area (TPSA) is 73.3 Å². The van der Waals surface area contributed by atoms with Crippen molar-refractivity contribution in [1.29, 1.82) is 0 Å². The Hall–Kier alpha value is -0.850. The maximum absolute atomic E-state index is 11.5. The van der Waals surface area contributed by atoms with Crippen molar-refractivity contribution in [2.45, 2.75) is 5.75 Å². The fourth-order valence-corrected chi connectivity index (χ4v) is 2.59. The summed E-state index contributed by atoms with van der Waals surface area (Å²) in [5.74, 6) is -1.11. The Kier molecular flexibility index (Phi) is 4.35. The van der Waals surface area contributed by atoms with E-state index in [2.05, 4.69) is 9.72 Å². The first kappa shape index (κ1) is 14.2. The second kappa shape index (κ2) is 5.20. The lowest BCUT2D eigenvalue weighted by molar-refractivity contribution is 0.0599. The van der Waals surface area contributed by atoms with Gasteiger partial charge < -0.3 is 4.74 Å². The summed E-state index contributed by atoms with van der Waals surface area (Å²) in [6.45, 7) is 0. The van der Waals surface area contributed by atoms with Crippen molar-refractivity contribution in [1.82, 2.24) is 4.98 Å². The van der Waals surface area contributed by atoms with E-state index in [-0.39, 0.29) is 27.2 Å². The van der Waals surface area contributed by atoms with Gasteiger partial charge in [-0.2, -0.15) is 0 Å². The number of pyridine rings is 1. The molecule has 1 rings (SSSR count). The molecule has 0 atom stereocenters. The first-order chi connectivity index (χ1) is 7.74. The van der Waals surface area contributed by atoms with E-state index in [1.807, 2.05) is 0 Å². The zero-order valence-corrected chi connectivity index (χ0v) is 11.4. The molecule has 0 saturated carbocycles. The van der Waals surface area contributed by atoms with E-state index in [0.29, 0.717) is 0 Å². The molecule has 5 nitrogen and oxygen atoms in total. The van der Waals surface area contributed by atoms with Crippen LogP contribution in [0.25, 0.3) is 0 Å². The van der Waals surface area contributed by atoms with Crippen molar-refractivity contribution in [3.63, 3.8) is 0 Å². The lowest BCUT2D eigenvalue weighted by atomic mass is 10.1. The summed E-state index contributed by atoms with van der Waals surface area (Å²) >= 11 is 11.4. The fourth-order valence-electron chi connectivity index (χ4n) is 1.24. The molecule has 0 bridgehead atoms. The van der Waals surface area contributed by atoms with E-state index in [1.165, 1.54) is 6.07 Å². The molecule has 0 aromatic carbocycles. The average molecular weight is 298 g/mol. The molecule has 0 aliphatic rings.